The molecule has 122 valence electrons. The number of carbonyl (C=O) groups excluding carboxylic acids is 1. The number of carbonyl (C=O) groups is 1. The summed E-state index contributed by atoms with van der Waals surface area (Å²) in [5.41, 5.74) is 1.26. The molecule has 22 heavy (non-hydrogen) atoms. The topological polar surface area (TPSA) is 50.8 Å². The van der Waals surface area contributed by atoms with Crippen molar-refractivity contribution in [2.45, 2.75) is 39.0 Å². The molecule has 0 spiro atoms. The lowest BCUT2D eigenvalue weighted by Gasteiger charge is -2.38. The van der Waals surface area contributed by atoms with Gasteiger partial charge in [0.15, 0.2) is 0 Å². The molecule has 0 saturated carbocycles. The van der Waals surface area contributed by atoms with Gasteiger partial charge in [-0.25, -0.2) is 4.79 Å². The first-order chi connectivity index (χ1) is 10.7. The molecular weight excluding hydrogens is 280 g/mol. The highest BCUT2D eigenvalue weighted by atomic mass is 16.6. The summed E-state index contributed by atoms with van der Waals surface area (Å²) in [7, 11) is 0. The van der Waals surface area contributed by atoms with Crippen molar-refractivity contribution in [3.63, 3.8) is 0 Å². The zero-order valence-corrected chi connectivity index (χ0v) is 13.5. The molecule has 1 aromatic rings. The minimum absolute atomic E-state index is 0.00636. The molecule has 0 aromatic heterocycles. The van der Waals surface area contributed by atoms with E-state index in [1.807, 2.05) is 32.0 Å². The lowest BCUT2D eigenvalue weighted by atomic mass is 10.0. The van der Waals surface area contributed by atoms with Gasteiger partial charge in [0, 0.05) is 25.7 Å². The van der Waals surface area contributed by atoms with Crippen molar-refractivity contribution in [2.24, 2.45) is 0 Å². The molecular formula is C17H26N2O3. The van der Waals surface area contributed by atoms with E-state index in [-0.39, 0.29) is 18.2 Å². The van der Waals surface area contributed by atoms with E-state index in [0.29, 0.717) is 26.3 Å². The summed E-state index contributed by atoms with van der Waals surface area (Å²) in [6.45, 7) is 6.96. The smallest absolute Gasteiger partial charge is 0.409 e. The van der Waals surface area contributed by atoms with Crippen LogP contribution in [0.4, 0.5) is 4.79 Å². The first-order valence-corrected chi connectivity index (χ1v) is 8.05. The zero-order valence-electron chi connectivity index (χ0n) is 13.5. The van der Waals surface area contributed by atoms with Crippen LogP contribution in [0.1, 0.15) is 25.8 Å². The summed E-state index contributed by atoms with van der Waals surface area (Å²) in [5.74, 6) is 0. The number of amides is 1. The van der Waals surface area contributed by atoms with Gasteiger partial charge < -0.3 is 19.7 Å². The normalized spacial score (nSPS) is 21.6. The highest BCUT2D eigenvalue weighted by molar-refractivity contribution is 5.67. The Balaban J connectivity index is 1.89. The molecule has 5 nitrogen and oxygen atoms in total. The van der Waals surface area contributed by atoms with Crippen molar-refractivity contribution >= 4 is 6.09 Å². The molecule has 1 saturated heterocycles. The predicted molar refractivity (Wildman–Crippen MR) is 85.7 cm³/mol. The van der Waals surface area contributed by atoms with Crippen LogP contribution in [0.2, 0.25) is 0 Å². The van der Waals surface area contributed by atoms with Crippen molar-refractivity contribution in [3.8, 4) is 0 Å². The minimum Gasteiger partial charge on any atom is -0.450 e. The molecule has 1 fully saturated rings. The molecule has 0 bridgehead atoms. The lowest BCUT2D eigenvalue weighted by molar-refractivity contribution is -0.0167. The van der Waals surface area contributed by atoms with Gasteiger partial charge >= 0.3 is 6.09 Å². The van der Waals surface area contributed by atoms with Gasteiger partial charge in [-0.3, -0.25) is 0 Å². The number of ether oxygens (including phenoxy) is 2. The van der Waals surface area contributed by atoms with E-state index in [1.54, 1.807) is 4.90 Å². The summed E-state index contributed by atoms with van der Waals surface area (Å²) >= 11 is 0. The Morgan fingerprint density at radius 2 is 2.05 bits per heavy atom. The summed E-state index contributed by atoms with van der Waals surface area (Å²) in [4.78, 5) is 13.6. The van der Waals surface area contributed by atoms with Crippen molar-refractivity contribution in [2.75, 3.05) is 26.3 Å². The van der Waals surface area contributed by atoms with Crippen molar-refractivity contribution in [1.82, 2.24) is 10.2 Å². The molecule has 1 aliphatic heterocycles. The number of hydrogen-bond donors (Lipinski definition) is 1. The molecule has 0 radical (unpaired) electrons. The Morgan fingerprint density at radius 3 is 2.73 bits per heavy atom. The van der Waals surface area contributed by atoms with E-state index in [4.69, 9.17) is 9.47 Å². The highest BCUT2D eigenvalue weighted by Crippen LogP contribution is 2.16. The van der Waals surface area contributed by atoms with Crippen LogP contribution in [0.25, 0.3) is 0 Å². The second kappa shape index (κ2) is 8.76. The maximum absolute atomic E-state index is 11.9. The molecule has 1 heterocycles. The van der Waals surface area contributed by atoms with Crippen LogP contribution >= 0.6 is 0 Å². The van der Waals surface area contributed by atoms with Crippen LogP contribution in [-0.4, -0.2) is 49.4 Å². The van der Waals surface area contributed by atoms with Crippen molar-refractivity contribution in [1.29, 1.82) is 0 Å². The summed E-state index contributed by atoms with van der Waals surface area (Å²) < 4.78 is 10.9. The Kier molecular flexibility index (Phi) is 6.68. The monoisotopic (exact) mass is 306 g/mol. The molecule has 1 N–H and O–H groups in total. The van der Waals surface area contributed by atoms with E-state index >= 15 is 0 Å². The zero-order chi connectivity index (χ0) is 15.8. The van der Waals surface area contributed by atoms with E-state index < -0.39 is 0 Å². The molecule has 5 heteroatoms. The number of likely N-dealkylation sites (tertiary alicyclic amines) is 1. The summed E-state index contributed by atoms with van der Waals surface area (Å²) in [5, 5.41) is 3.56. The van der Waals surface area contributed by atoms with Gasteiger partial charge in [-0.05, 0) is 25.8 Å². The first-order valence-electron chi connectivity index (χ1n) is 8.05. The minimum atomic E-state index is -0.242. The molecule has 1 aliphatic rings. The van der Waals surface area contributed by atoms with E-state index in [1.165, 1.54) is 5.56 Å². The van der Waals surface area contributed by atoms with Gasteiger partial charge in [-0.1, -0.05) is 30.3 Å². The second-order valence-corrected chi connectivity index (χ2v) is 5.40. The maximum Gasteiger partial charge on any atom is 0.409 e. The van der Waals surface area contributed by atoms with E-state index in [2.05, 4.69) is 17.4 Å². The molecule has 1 amide bonds. The largest absolute Gasteiger partial charge is 0.450 e. The Bertz CT molecular complexity index is 452. The van der Waals surface area contributed by atoms with Crippen LogP contribution in [0, 0.1) is 0 Å². The lowest BCUT2D eigenvalue weighted by Crippen LogP contribution is -2.55. The number of nitrogens with one attached hydrogen (secondary N) is 1. The van der Waals surface area contributed by atoms with Crippen LogP contribution in [0.15, 0.2) is 30.3 Å². The maximum atomic E-state index is 11.9. The molecule has 2 rings (SSSR count). The molecule has 0 aliphatic carbocycles. The van der Waals surface area contributed by atoms with Crippen LogP contribution < -0.4 is 5.32 Å². The number of hydrogen-bond acceptors (Lipinski definition) is 4. The molecule has 2 atom stereocenters. The van der Waals surface area contributed by atoms with Gasteiger partial charge in [0.25, 0.3) is 0 Å². The van der Waals surface area contributed by atoms with E-state index in [0.717, 1.165) is 13.0 Å². The fraction of sp³-hybridized carbons (Fsp3) is 0.588. The fourth-order valence-corrected chi connectivity index (χ4v) is 2.76. The SMILES string of the molecule is CCOC(=O)N1CCC(NCc2ccccc2)C(OCC)C1. The fourth-order valence-electron chi connectivity index (χ4n) is 2.76. The van der Waals surface area contributed by atoms with Gasteiger partial charge in [-0.15, -0.1) is 0 Å². The Hall–Kier alpha value is -1.59. The third kappa shape index (κ3) is 4.71. The van der Waals surface area contributed by atoms with Gasteiger partial charge in [0.1, 0.15) is 0 Å². The second-order valence-electron chi connectivity index (χ2n) is 5.40. The molecule has 1 aromatic carbocycles. The average molecular weight is 306 g/mol. The standard InChI is InChI=1S/C17H26N2O3/c1-3-21-16-13-19(17(20)22-4-2)11-10-15(16)18-12-14-8-6-5-7-9-14/h5-9,15-16,18H,3-4,10-13H2,1-2H3. The van der Waals surface area contributed by atoms with Gasteiger partial charge in [0.05, 0.1) is 19.3 Å². The van der Waals surface area contributed by atoms with Gasteiger partial charge in [0.2, 0.25) is 0 Å². The van der Waals surface area contributed by atoms with Crippen LogP contribution in [-0.2, 0) is 16.0 Å². The van der Waals surface area contributed by atoms with Crippen LogP contribution in [0.3, 0.4) is 0 Å². The number of benzene rings is 1. The average Bonchev–Trinajstić information content (AvgIpc) is 2.55. The quantitative estimate of drug-likeness (QED) is 0.877. The first kappa shape index (κ1) is 16.8. The van der Waals surface area contributed by atoms with Crippen molar-refractivity contribution < 1.29 is 14.3 Å². The Morgan fingerprint density at radius 1 is 1.27 bits per heavy atom. The number of rotatable bonds is 6. The summed E-state index contributed by atoms with van der Waals surface area (Å²) in [6.07, 6.45) is 0.636. The van der Waals surface area contributed by atoms with Crippen molar-refractivity contribution in [3.05, 3.63) is 35.9 Å². The summed E-state index contributed by atoms with van der Waals surface area (Å²) in [6, 6.07) is 10.6. The third-order valence-corrected chi connectivity index (χ3v) is 3.88. The van der Waals surface area contributed by atoms with E-state index in [9.17, 15) is 4.79 Å². The van der Waals surface area contributed by atoms with Gasteiger partial charge in [-0.2, -0.15) is 0 Å². The number of nitrogens with zero attached hydrogens (tertiary/aromatic N) is 1. The number of piperidine rings is 1. The highest BCUT2D eigenvalue weighted by Gasteiger charge is 2.32. The Labute approximate surface area is 132 Å². The third-order valence-electron chi connectivity index (χ3n) is 3.88. The predicted octanol–water partition coefficient (Wildman–Crippen LogP) is 2.41. The molecule has 2 unspecified atom stereocenters. The van der Waals surface area contributed by atoms with Crippen LogP contribution in [0.5, 0.6) is 0 Å².